The van der Waals surface area contributed by atoms with E-state index in [9.17, 15) is 4.79 Å². The minimum atomic E-state index is -0.166. The van der Waals surface area contributed by atoms with E-state index in [0.717, 1.165) is 35.1 Å². The lowest BCUT2D eigenvalue weighted by atomic mass is 9.88. The monoisotopic (exact) mass is 352 g/mol. The van der Waals surface area contributed by atoms with E-state index in [1.54, 1.807) is 10.9 Å². The molecule has 0 saturated heterocycles. The quantitative estimate of drug-likeness (QED) is 0.915. The number of hydrogen-bond donors (Lipinski definition) is 1. The molecule has 1 aliphatic carbocycles. The topological polar surface area (TPSA) is 73.0 Å². The van der Waals surface area contributed by atoms with Gasteiger partial charge in [0, 0.05) is 24.7 Å². The predicted molar refractivity (Wildman–Crippen MR) is 80.0 cm³/mol. The fraction of sp³-hybridized carbons (Fsp3) is 0.500. The fourth-order valence-electron chi connectivity index (χ4n) is 2.58. The van der Waals surface area contributed by atoms with E-state index >= 15 is 0 Å². The Morgan fingerprint density at radius 1 is 1.62 bits per heavy atom. The largest absolute Gasteiger partial charge is 0.360 e. The van der Waals surface area contributed by atoms with E-state index < -0.39 is 0 Å². The highest BCUT2D eigenvalue weighted by Gasteiger charge is 2.26. The van der Waals surface area contributed by atoms with Crippen molar-refractivity contribution in [3.05, 3.63) is 33.9 Å². The van der Waals surface area contributed by atoms with Crippen LogP contribution in [0, 0.1) is 5.92 Å². The second-order valence-electron chi connectivity index (χ2n) is 5.46. The van der Waals surface area contributed by atoms with Gasteiger partial charge >= 0.3 is 0 Å². The van der Waals surface area contributed by atoms with Crippen LogP contribution in [0.2, 0.25) is 0 Å². The fourth-order valence-corrected chi connectivity index (χ4v) is 2.91. The smallest absolute Gasteiger partial charge is 0.273 e. The van der Waals surface area contributed by atoms with E-state index in [4.69, 9.17) is 4.52 Å². The summed E-state index contributed by atoms with van der Waals surface area (Å²) in [6.45, 7) is 3.31. The second kappa shape index (κ2) is 6.01. The molecular formula is C14H17BrN4O2. The maximum atomic E-state index is 12.2. The molecular weight excluding hydrogens is 336 g/mol. The van der Waals surface area contributed by atoms with E-state index in [-0.39, 0.29) is 5.91 Å². The Bertz CT molecular complexity index is 649. The average Bonchev–Trinajstić information content (AvgIpc) is 3.04. The number of halogens is 1. The number of nitrogens with zero attached hydrogens (tertiary/aromatic N) is 3. The Morgan fingerprint density at radius 2 is 2.48 bits per heavy atom. The van der Waals surface area contributed by atoms with Crippen molar-refractivity contribution in [2.45, 2.75) is 32.7 Å². The average molecular weight is 353 g/mol. The number of aromatic nitrogens is 3. The van der Waals surface area contributed by atoms with Gasteiger partial charge in [0.1, 0.15) is 5.76 Å². The first-order chi connectivity index (χ1) is 10.1. The van der Waals surface area contributed by atoms with Crippen LogP contribution in [0.3, 0.4) is 0 Å². The number of nitrogens with one attached hydrogen (secondary N) is 1. The Kier molecular flexibility index (Phi) is 4.10. The van der Waals surface area contributed by atoms with Gasteiger partial charge in [0.05, 0.1) is 17.2 Å². The van der Waals surface area contributed by atoms with Crippen LogP contribution in [0.15, 0.2) is 21.4 Å². The Labute approximate surface area is 131 Å². The lowest BCUT2D eigenvalue weighted by Crippen LogP contribution is -2.29. The molecule has 2 aromatic heterocycles. The second-order valence-corrected chi connectivity index (χ2v) is 6.37. The summed E-state index contributed by atoms with van der Waals surface area (Å²) in [7, 11) is 0. The highest BCUT2D eigenvalue weighted by atomic mass is 79.9. The summed E-state index contributed by atoms with van der Waals surface area (Å²) in [6.07, 6.45) is 6.42. The molecule has 2 heterocycles. The van der Waals surface area contributed by atoms with Gasteiger partial charge in [0.15, 0.2) is 5.69 Å². The zero-order chi connectivity index (χ0) is 14.8. The van der Waals surface area contributed by atoms with Gasteiger partial charge < -0.3 is 9.84 Å². The molecule has 21 heavy (non-hydrogen) atoms. The standard InChI is InChI=1S/C14H17BrN4O2/c1-9-2-3-12-11(6-9)13(18-21-12)14(20)16-4-5-19-8-10(15)7-17-19/h7-9H,2-6H2,1H3,(H,16,20)/t9-/m1/s1. The molecule has 6 nitrogen and oxygen atoms in total. The van der Waals surface area contributed by atoms with Gasteiger partial charge in [0.25, 0.3) is 5.91 Å². The summed E-state index contributed by atoms with van der Waals surface area (Å²) < 4.78 is 7.98. The Morgan fingerprint density at radius 3 is 3.24 bits per heavy atom. The molecule has 1 atom stereocenters. The number of aryl methyl sites for hydroxylation is 1. The summed E-state index contributed by atoms with van der Waals surface area (Å²) in [6, 6.07) is 0. The van der Waals surface area contributed by atoms with Crippen LogP contribution in [0.5, 0.6) is 0 Å². The first kappa shape index (κ1) is 14.3. The maximum Gasteiger partial charge on any atom is 0.273 e. The lowest BCUT2D eigenvalue weighted by molar-refractivity contribution is 0.0942. The van der Waals surface area contributed by atoms with Crippen LogP contribution in [0.25, 0.3) is 0 Å². The highest BCUT2D eigenvalue weighted by molar-refractivity contribution is 9.10. The van der Waals surface area contributed by atoms with Crippen LogP contribution in [0.1, 0.15) is 35.2 Å². The van der Waals surface area contributed by atoms with E-state index in [0.29, 0.717) is 24.7 Å². The Hall–Kier alpha value is -1.63. The number of amides is 1. The maximum absolute atomic E-state index is 12.2. The van der Waals surface area contributed by atoms with Crippen molar-refractivity contribution < 1.29 is 9.32 Å². The molecule has 0 spiro atoms. The van der Waals surface area contributed by atoms with Crippen molar-refractivity contribution in [2.24, 2.45) is 5.92 Å². The molecule has 0 fully saturated rings. The number of carbonyl (C=O) groups excluding carboxylic acids is 1. The predicted octanol–water partition coefficient (Wildman–Crippen LogP) is 2.19. The first-order valence-corrected chi connectivity index (χ1v) is 7.86. The minimum Gasteiger partial charge on any atom is -0.360 e. The van der Waals surface area contributed by atoms with Crippen LogP contribution >= 0.6 is 15.9 Å². The summed E-state index contributed by atoms with van der Waals surface area (Å²) in [5, 5.41) is 11.0. The van der Waals surface area contributed by atoms with Crippen molar-refractivity contribution in [3.8, 4) is 0 Å². The summed E-state index contributed by atoms with van der Waals surface area (Å²) >= 11 is 3.34. The molecule has 7 heteroatoms. The summed E-state index contributed by atoms with van der Waals surface area (Å²) in [5.74, 6) is 1.28. The van der Waals surface area contributed by atoms with Gasteiger partial charge in [-0.2, -0.15) is 5.10 Å². The minimum absolute atomic E-state index is 0.166. The van der Waals surface area contributed by atoms with Crippen LogP contribution < -0.4 is 5.32 Å². The molecule has 0 aliphatic heterocycles. The SMILES string of the molecule is C[C@@H]1CCc2onc(C(=O)NCCn3cc(Br)cn3)c2C1. The van der Waals surface area contributed by atoms with Crippen molar-refractivity contribution in [1.82, 2.24) is 20.3 Å². The third-order valence-corrected chi connectivity index (χ3v) is 4.14. The van der Waals surface area contributed by atoms with Gasteiger partial charge in [-0.15, -0.1) is 0 Å². The molecule has 0 aromatic carbocycles. The Balaban J connectivity index is 1.60. The molecule has 0 unspecified atom stereocenters. The van der Waals surface area contributed by atoms with Gasteiger partial charge in [-0.1, -0.05) is 12.1 Å². The number of hydrogen-bond acceptors (Lipinski definition) is 4. The van der Waals surface area contributed by atoms with Crippen molar-refractivity contribution in [1.29, 1.82) is 0 Å². The van der Waals surface area contributed by atoms with E-state index in [1.807, 2.05) is 6.20 Å². The van der Waals surface area contributed by atoms with Gasteiger partial charge in [-0.3, -0.25) is 9.48 Å². The molecule has 1 amide bonds. The highest BCUT2D eigenvalue weighted by Crippen LogP contribution is 2.27. The number of carbonyl (C=O) groups is 1. The molecule has 0 bridgehead atoms. The lowest BCUT2D eigenvalue weighted by Gasteiger charge is -2.16. The van der Waals surface area contributed by atoms with Gasteiger partial charge in [-0.25, -0.2) is 0 Å². The van der Waals surface area contributed by atoms with Crippen LogP contribution in [-0.2, 0) is 19.4 Å². The molecule has 1 aliphatic rings. The molecule has 112 valence electrons. The number of rotatable bonds is 4. The van der Waals surface area contributed by atoms with Crippen LogP contribution in [-0.4, -0.2) is 27.4 Å². The van der Waals surface area contributed by atoms with Crippen LogP contribution in [0.4, 0.5) is 0 Å². The molecule has 2 aromatic rings. The zero-order valence-corrected chi connectivity index (χ0v) is 13.4. The molecule has 0 saturated carbocycles. The summed E-state index contributed by atoms with van der Waals surface area (Å²) in [4.78, 5) is 12.2. The zero-order valence-electron chi connectivity index (χ0n) is 11.8. The molecule has 3 rings (SSSR count). The van der Waals surface area contributed by atoms with Gasteiger partial charge in [0.2, 0.25) is 0 Å². The van der Waals surface area contributed by atoms with Crippen molar-refractivity contribution >= 4 is 21.8 Å². The van der Waals surface area contributed by atoms with Crippen molar-refractivity contribution in [2.75, 3.05) is 6.54 Å². The first-order valence-electron chi connectivity index (χ1n) is 7.07. The summed E-state index contributed by atoms with van der Waals surface area (Å²) in [5.41, 5.74) is 1.42. The van der Waals surface area contributed by atoms with E-state index in [1.165, 1.54) is 0 Å². The van der Waals surface area contributed by atoms with Crippen molar-refractivity contribution in [3.63, 3.8) is 0 Å². The normalized spacial score (nSPS) is 17.5. The third-order valence-electron chi connectivity index (χ3n) is 3.73. The number of fused-ring (bicyclic) bond motifs is 1. The van der Waals surface area contributed by atoms with E-state index in [2.05, 4.69) is 38.4 Å². The molecule has 0 radical (unpaired) electrons. The molecule has 1 N–H and O–H groups in total. The van der Waals surface area contributed by atoms with Gasteiger partial charge in [-0.05, 0) is 34.7 Å². The third kappa shape index (κ3) is 3.18.